The average molecular weight is 297 g/mol. The van der Waals surface area contributed by atoms with E-state index in [1.54, 1.807) is 23.5 Å². The minimum Gasteiger partial charge on any atom is -0.387 e. The van der Waals surface area contributed by atoms with Gasteiger partial charge in [-0.15, -0.1) is 11.3 Å². The maximum atomic E-state index is 13.1. The SMILES string of the molecule is OC(Cc1ccc(F)c(Cl)c1)c1cc2c(s1)CCC2. The number of aliphatic hydroxyl groups is 1. The van der Waals surface area contributed by atoms with Gasteiger partial charge in [-0.3, -0.25) is 0 Å². The number of aryl methyl sites for hydroxylation is 2. The molecule has 1 atom stereocenters. The van der Waals surface area contributed by atoms with Crippen molar-refractivity contribution in [2.75, 3.05) is 0 Å². The molecule has 0 aliphatic heterocycles. The summed E-state index contributed by atoms with van der Waals surface area (Å²) in [6, 6.07) is 6.72. The second-order valence-corrected chi connectivity index (χ2v) is 6.49. The summed E-state index contributed by atoms with van der Waals surface area (Å²) < 4.78 is 13.1. The van der Waals surface area contributed by atoms with Gasteiger partial charge in [0, 0.05) is 16.2 Å². The van der Waals surface area contributed by atoms with Crippen molar-refractivity contribution in [3.63, 3.8) is 0 Å². The molecule has 1 aliphatic rings. The van der Waals surface area contributed by atoms with E-state index in [2.05, 4.69) is 6.07 Å². The summed E-state index contributed by atoms with van der Waals surface area (Å²) in [5.41, 5.74) is 2.24. The van der Waals surface area contributed by atoms with E-state index in [4.69, 9.17) is 11.6 Å². The zero-order valence-electron chi connectivity index (χ0n) is 10.3. The number of hydrogen-bond acceptors (Lipinski definition) is 2. The lowest BCUT2D eigenvalue weighted by Crippen LogP contribution is -2.00. The van der Waals surface area contributed by atoms with Gasteiger partial charge in [0.05, 0.1) is 11.1 Å². The molecule has 1 unspecified atom stereocenters. The van der Waals surface area contributed by atoms with Gasteiger partial charge in [-0.2, -0.15) is 0 Å². The fourth-order valence-corrected chi connectivity index (χ4v) is 3.95. The number of benzene rings is 1. The Kier molecular flexibility index (Phi) is 3.61. The van der Waals surface area contributed by atoms with Crippen LogP contribution < -0.4 is 0 Å². The first kappa shape index (κ1) is 13.1. The molecule has 1 nitrogen and oxygen atoms in total. The molecule has 19 heavy (non-hydrogen) atoms. The Hall–Kier alpha value is -0.900. The van der Waals surface area contributed by atoms with E-state index in [0.717, 1.165) is 23.3 Å². The van der Waals surface area contributed by atoms with Gasteiger partial charge in [0.2, 0.25) is 0 Å². The van der Waals surface area contributed by atoms with Crippen molar-refractivity contribution in [3.05, 3.63) is 56.0 Å². The highest BCUT2D eigenvalue weighted by molar-refractivity contribution is 7.12. The molecular formula is C15H14ClFOS. The number of rotatable bonds is 3. The van der Waals surface area contributed by atoms with Gasteiger partial charge in [0.15, 0.2) is 0 Å². The molecule has 1 aromatic heterocycles. The molecule has 0 fully saturated rings. The van der Waals surface area contributed by atoms with Crippen molar-refractivity contribution in [2.45, 2.75) is 31.8 Å². The maximum Gasteiger partial charge on any atom is 0.141 e. The zero-order chi connectivity index (χ0) is 13.4. The fraction of sp³-hybridized carbons (Fsp3) is 0.333. The van der Waals surface area contributed by atoms with E-state index < -0.39 is 11.9 Å². The van der Waals surface area contributed by atoms with Crippen LogP contribution in [0.1, 0.15) is 33.4 Å². The van der Waals surface area contributed by atoms with E-state index >= 15 is 0 Å². The lowest BCUT2D eigenvalue weighted by Gasteiger charge is -2.09. The minimum absolute atomic E-state index is 0.110. The molecule has 0 bridgehead atoms. The normalized spacial score (nSPS) is 15.5. The number of thiophene rings is 1. The van der Waals surface area contributed by atoms with Crippen molar-refractivity contribution in [3.8, 4) is 0 Å². The summed E-state index contributed by atoms with van der Waals surface area (Å²) in [5, 5.41) is 10.4. The van der Waals surface area contributed by atoms with Crippen LogP contribution in [-0.4, -0.2) is 5.11 Å². The van der Waals surface area contributed by atoms with Crippen LogP contribution in [0.5, 0.6) is 0 Å². The lowest BCUT2D eigenvalue weighted by molar-refractivity contribution is 0.182. The third kappa shape index (κ3) is 2.69. The highest BCUT2D eigenvalue weighted by Gasteiger charge is 2.19. The van der Waals surface area contributed by atoms with Gasteiger partial charge in [0.1, 0.15) is 5.82 Å². The van der Waals surface area contributed by atoms with Crippen molar-refractivity contribution < 1.29 is 9.50 Å². The second kappa shape index (κ2) is 5.23. The summed E-state index contributed by atoms with van der Waals surface area (Å²) >= 11 is 7.45. The molecule has 0 radical (unpaired) electrons. The summed E-state index contributed by atoms with van der Waals surface area (Å²) in [6.07, 6.45) is 3.43. The molecule has 1 N–H and O–H groups in total. The molecule has 2 aromatic rings. The molecule has 0 saturated heterocycles. The van der Waals surface area contributed by atoms with Crippen molar-refractivity contribution in [1.29, 1.82) is 0 Å². The fourth-order valence-electron chi connectivity index (χ4n) is 2.51. The molecule has 0 saturated carbocycles. The number of aliphatic hydroxyl groups excluding tert-OH is 1. The van der Waals surface area contributed by atoms with E-state index in [0.29, 0.717) is 6.42 Å². The Labute approximate surface area is 120 Å². The summed E-state index contributed by atoms with van der Waals surface area (Å²) in [4.78, 5) is 2.41. The van der Waals surface area contributed by atoms with E-state index in [-0.39, 0.29) is 5.02 Å². The Morgan fingerprint density at radius 1 is 1.32 bits per heavy atom. The number of hydrogen-bond donors (Lipinski definition) is 1. The van der Waals surface area contributed by atoms with Gasteiger partial charge in [0.25, 0.3) is 0 Å². The van der Waals surface area contributed by atoms with Gasteiger partial charge in [-0.25, -0.2) is 4.39 Å². The maximum absolute atomic E-state index is 13.1. The predicted octanol–water partition coefficient (Wildman–Crippen LogP) is 4.31. The quantitative estimate of drug-likeness (QED) is 0.895. The third-order valence-corrected chi connectivity index (χ3v) is 5.14. The van der Waals surface area contributed by atoms with Crippen LogP contribution >= 0.6 is 22.9 Å². The van der Waals surface area contributed by atoms with Gasteiger partial charge < -0.3 is 5.11 Å². The van der Waals surface area contributed by atoms with Gasteiger partial charge >= 0.3 is 0 Å². The van der Waals surface area contributed by atoms with E-state index in [9.17, 15) is 9.50 Å². The molecule has 4 heteroatoms. The molecule has 0 spiro atoms. The van der Waals surface area contributed by atoms with Crippen LogP contribution in [0.15, 0.2) is 24.3 Å². The first-order valence-electron chi connectivity index (χ1n) is 6.37. The highest BCUT2D eigenvalue weighted by atomic mass is 35.5. The Bertz CT molecular complexity index is 587. The molecule has 1 aromatic carbocycles. The Morgan fingerprint density at radius 3 is 2.89 bits per heavy atom. The Balaban J connectivity index is 1.76. The largest absolute Gasteiger partial charge is 0.387 e. The average Bonchev–Trinajstić information content (AvgIpc) is 2.94. The molecular weight excluding hydrogens is 283 g/mol. The highest BCUT2D eigenvalue weighted by Crippen LogP contribution is 2.35. The first-order valence-corrected chi connectivity index (χ1v) is 7.56. The smallest absolute Gasteiger partial charge is 0.141 e. The van der Waals surface area contributed by atoms with Crippen LogP contribution in [0.3, 0.4) is 0 Å². The molecule has 1 heterocycles. The summed E-state index contributed by atoms with van der Waals surface area (Å²) in [7, 11) is 0. The number of fused-ring (bicyclic) bond motifs is 1. The lowest BCUT2D eigenvalue weighted by atomic mass is 10.1. The third-order valence-electron chi connectivity index (χ3n) is 3.51. The van der Waals surface area contributed by atoms with Crippen LogP contribution in [0, 0.1) is 5.82 Å². The second-order valence-electron chi connectivity index (χ2n) is 4.92. The standard InChI is InChI=1S/C15H14ClFOS/c16-11-6-9(4-5-12(11)17)7-13(18)15-8-10-2-1-3-14(10)19-15/h4-6,8,13,18H,1-3,7H2. The molecule has 100 valence electrons. The van der Waals surface area contributed by atoms with Gasteiger partial charge in [-0.1, -0.05) is 17.7 Å². The van der Waals surface area contributed by atoms with Crippen LogP contribution in [-0.2, 0) is 19.3 Å². The summed E-state index contributed by atoms with van der Waals surface area (Å²) in [5.74, 6) is -0.421. The molecule has 0 amide bonds. The molecule has 3 rings (SSSR count). The Morgan fingerprint density at radius 2 is 2.16 bits per heavy atom. The van der Waals surface area contributed by atoms with Crippen LogP contribution in [0.2, 0.25) is 5.02 Å². The zero-order valence-corrected chi connectivity index (χ0v) is 11.9. The predicted molar refractivity (Wildman–Crippen MR) is 76.4 cm³/mol. The van der Waals surface area contributed by atoms with Gasteiger partial charge in [-0.05, 0) is 48.6 Å². The minimum atomic E-state index is -0.530. The van der Waals surface area contributed by atoms with Crippen molar-refractivity contribution in [2.24, 2.45) is 0 Å². The van der Waals surface area contributed by atoms with E-state index in [1.165, 1.54) is 22.9 Å². The van der Waals surface area contributed by atoms with Crippen LogP contribution in [0.4, 0.5) is 4.39 Å². The van der Waals surface area contributed by atoms with Crippen molar-refractivity contribution >= 4 is 22.9 Å². The summed E-state index contributed by atoms with van der Waals surface area (Å²) in [6.45, 7) is 0. The van der Waals surface area contributed by atoms with E-state index in [1.807, 2.05) is 0 Å². The molecule has 1 aliphatic carbocycles. The topological polar surface area (TPSA) is 20.2 Å². The number of halogens is 2. The monoisotopic (exact) mass is 296 g/mol. The van der Waals surface area contributed by atoms with Crippen molar-refractivity contribution in [1.82, 2.24) is 0 Å². The first-order chi connectivity index (χ1) is 9.13. The van der Waals surface area contributed by atoms with Crippen LogP contribution in [0.25, 0.3) is 0 Å².